The largest absolute Gasteiger partial charge is 0.544 e. The lowest BCUT2D eigenvalue weighted by Gasteiger charge is -2.34. The minimum Gasteiger partial charge on any atom is -0.544 e. The summed E-state index contributed by atoms with van der Waals surface area (Å²) in [5.41, 5.74) is 0. The molecule has 0 fully saturated rings. The van der Waals surface area contributed by atoms with E-state index >= 15 is 0 Å². The predicted octanol–water partition coefficient (Wildman–Crippen LogP) is 11.6. The van der Waals surface area contributed by atoms with Crippen LogP contribution in [-0.2, 0) is 28.6 Å². The van der Waals surface area contributed by atoms with Crippen LogP contribution in [0.3, 0.4) is 0 Å². The molecule has 0 saturated carbocycles. The number of hydrogen-bond donors (Lipinski definition) is 0. The Balaban J connectivity index is 4.32. The Morgan fingerprint density at radius 1 is 0.525 bits per heavy atom. The third-order valence-corrected chi connectivity index (χ3v) is 9.84. The zero-order valence-electron chi connectivity index (χ0n) is 38.1. The molecule has 8 heteroatoms. The zero-order chi connectivity index (χ0) is 43.5. The van der Waals surface area contributed by atoms with Crippen LogP contribution in [0.2, 0.25) is 0 Å². The van der Waals surface area contributed by atoms with Gasteiger partial charge in [0.15, 0.2) is 6.10 Å². The molecule has 59 heavy (non-hydrogen) atoms. The number of carbonyl (C=O) groups is 3. The highest BCUT2D eigenvalue weighted by atomic mass is 16.6. The second kappa shape index (κ2) is 41.3. The Labute approximate surface area is 361 Å². The van der Waals surface area contributed by atoms with Gasteiger partial charge in [0.05, 0.1) is 40.3 Å². The van der Waals surface area contributed by atoms with Gasteiger partial charge < -0.3 is 28.6 Å². The third kappa shape index (κ3) is 39.7. The first-order valence-electron chi connectivity index (χ1n) is 23.1. The fourth-order valence-corrected chi connectivity index (χ4v) is 6.30. The average molecular weight is 824 g/mol. The number of likely N-dealkylation sites (N-methyl/N-ethyl adjacent to an activating group) is 1. The molecule has 0 aromatic heterocycles. The van der Waals surface area contributed by atoms with Crippen LogP contribution in [0.25, 0.3) is 0 Å². The zero-order valence-corrected chi connectivity index (χ0v) is 38.1. The van der Waals surface area contributed by atoms with Crippen molar-refractivity contribution in [2.75, 3.05) is 41.0 Å². The molecule has 2 atom stereocenters. The Bertz CT molecular complexity index is 1240. The van der Waals surface area contributed by atoms with Gasteiger partial charge in [0.25, 0.3) is 0 Å². The van der Waals surface area contributed by atoms with Crippen LogP contribution < -0.4 is 5.11 Å². The highest BCUT2D eigenvalue weighted by Crippen LogP contribution is 2.14. The minimum absolute atomic E-state index is 0.0268. The van der Waals surface area contributed by atoms with Gasteiger partial charge in [-0.2, -0.15) is 0 Å². The number of rotatable bonds is 40. The SMILES string of the molecule is CC/C=C/C=C/C=C/CCCCCCCC(=O)OCC(COCCC(C(=O)[O-])[N+](C)(C)C)OC(=O)CCCCCCCCCCC/C=C/C/C=C/C/C=C/C/C=C/CC. The maximum atomic E-state index is 12.7. The summed E-state index contributed by atoms with van der Waals surface area (Å²) in [6, 6.07) is -0.734. The fourth-order valence-electron chi connectivity index (χ4n) is 6.30. The lowest BCUT2D eigenvalue weighted by atomic mass is 10.1. The molecule has 0 amide bonds. The molecule has 8 nitrogen and oxygen atoms in total. The van der Waals surface area contributed by atoms with Gasteiger partial charge in [-0.3, -0.25) is 9.59 Å². The number of quaternary nitrogens is 1. The Morgan fingerprint density at radius 2 is 0.983 bits per heavy atom. The summed E-state index contributed by atoms with van der Waals surface area (Å²) >= 11 is 0. The minimum atomic E-state index is -1.13. The lowest BCUT2D eigenvalue weighted by molar-refractivity contribution is -0.889. The number of unbranched alkanes of at least 4 members (excludes halogenated alkanes) is 14. The number of allylic oxidation sites excluding steroid dienone is 14. The van der Waals surface area contributed by atoms with Crippen molar-refractivity contribution < 1.29 is 38.2 Å². The van der Waals surface area contributed by atoms with Crippen molar-refractivity contribution in [3.05, 3.63) is 85.1 Å². The van der Waals surface area contributed by atoms with Gasteiger partial charge in [-0.05, 0) is 70.6 Å². The number of carboxylic acids is 1. The molecule has 0 radical (unpaired) electrons. The number of carbonyl (C=O) groups excluding carboxylic acids is 3. The molecule has 0 rings (SSSR count). The topological polar surface area (TPSA) is 102 Å². The first kappa shape index (κ1) is 55.5. The maximum Gasteiger partial charge on any atom is 0.306 e. The molecule has 0 aromatic rings. The van der Waals surface area contributed by atoms with Crippen molar-refractivity contribution in [1.82, 2.24) is 0 Å². The van der Waals surface area contributed by atoms with Gasteiger partial charge in [-0.1, -0.05) is 163 Å². The van der Waals surface area contributed by atoms with Crippen LogP contribution in [0.4, 0.5) is 0 Å². The maximum absolute atomic E-state index is 12.7. The third-order valence-electron chi connectivity index (χ3n) is 9.84. The van der Waals surface area contributed by atoms with Gasteiger partial charge in [0, 0.05) is 19.3 Å². The van der Waals surface area contributed by atoms with E-state index in [1.165, 1.54) is 38.5 Å². The molecule has 0 heterocycles. The quantitative estimate of drug-likeness (QED) is 0.0199. The number of hydrogen-bond acceptors (Lipinski definition) is 7. The van der Waals surface area contributed by atoms with E-state index < -0.39 is 18.1 Å². The van der Waals surface area contributed by atoms with Gasteiger partial charge >= 0.3 is 11.9 Å². The van der Waals surface area contributed by atoms with Crippen molar-refractivity contribution in [3.63, 3.8) is 0 Å². The second-order valence-corrected chi connectivity index (χ2v) is 16.3. The van der Waals surface area contributed by atoms with Crippen molar-refractivity contribution >= 4 is 17.9 Å². The Morgan fingerprint density at radius 3 is 1.51 bits per heavy atom. The Hall–Kier alpha value is -3.49. The van der Waals surface area contributed by atoms with Gasteiger partial charge in [-0.15, -0.1) is 0 Å². The van der Waals surface area contributed by atoms with Crippen molar-refractivity contribution in [2.24, 2.45) is 0 Å². The summed E-state index contributed by atoms with van der Waals surface area (Å²) in [6.45, 7) is 4.38. The molecule has 0 N–H and O–H groups in total. The molecular formula is C51H85NO7. The Kier molecular flexibility index (Phi) is 38.8. The van der Waals surface area contributed by atoms with E-state index in [-0.39, 0.29) is 42.7 Å². The molecule has 0 aromatic carbocycles. The molecule has 0 aliphatic rings. The summed E-state index contributed by atoms with van der Waals surface area (Å²) in [6.07, 6.45) is 53.2. The number of nitrogens with zero attached hydrogens (tertiary/aromatic N) is 1. The first-order chi connectivity index (χ1) is 28.6. The van der Waals surface area contributed by atoms with E-state index in [4.69, 9.17) is 14.2 Å². The highest BCUT2D eigenvalue weighted by molar-refractivity contribution is 5.70. The van der Waals surface area contributed by atoms with E-state index in [9.17, 15) is 19.5 Å². The van der Waals surface area contributed by atoms with E-state index in [0.717, 1.165) is 96.3 Å². The summed E-state index contributed by atoms with van der Waals surface area (Å²) in [5, 5.41) is 11.6. The van der Waals surface area contributed by atoms with Crippen molar-refractivity contribution in [1.29, 1.82) is 0 Å². The normalized spacial score (nSPS) is 13.7. The van der Waals surface area contributed by atoms with E-state index in [1.54, 1.807) is 21.1 Å². The van der Waals surface area contributed by atoms with Gasteiger partial charge in [0.2, 0.25) is 0 Å². The molecule has 0 saturated heterocycles. The summed E-state index contributed by atoms with van der Waals surface area (Å²) in [4.78, 5) is 36.9. The molecule has 336 valence electrons. The second-order valence-electron chi connectivity index (χ2n) is 16.3. The summed E-state index contributed by atoms with van der Waals surface area (Å²) in [5.74, 6) is -1.78. The molecule has 0 spiro atoms. The monoisotopic (exact) mass is 824 g/mol. The molecule has 2 unspecified atom stereocenters. The smallest absolute Gasteiger partial charge is 0.306 e. The average Bonchev–Trinajstić information content (AvgIpc) is 3.19. The predicted molar refractivity (Wildman–Crippen MR) is 245 cm³/mol. The van der Waals surface area contributed by atoms with Gasteiger partial charge in [0.1, 0.15) is 12.6 Å². The number of aliphatic carboxylic acids is 1. The fraction of sp³-hybridized carbons (Fsp3) is 0.667. The number of carboxylic acid groups (broad SMARTS) is 1. The van der Waals surface area contributed by atoms with Crippen molar-refractivity contribution in [2.45, 2.75) is 180 Å². The molecule has 0 aliphatic heterocycles. The van der Waals surface area contributed by atoms with E-state index in [2.05, 4.69) is 92.8 Å². The number of esters is 2. The molecule has 0 bridgehead atoms. The van der Waals surface area contributed by atoms with E-state index in [1.807, 2.05) is 6.08 Å². The van der Waals surface area contributed by atoms with Gasteiger partial charge in [-0.25, -0.2) is 0 Å². The van der Waals surface area contributed by atoms with Crippen LogP contribution in [0.15, 0.2) is 85.1 Å². The lowest BCUT2D eigenvalue weighted by Crippen LogP contribution is -2.55. The highest BCUT2D eigenvalue weighted by Gasteiger charge is 2.25. The molecular weight excluding hydrogens is 739 g/mol. The standard InChI is InChI=1S/C51H85NO7/c1-6-8-10-12-14-16-18-20-21-22-23-24-25-26-27-28-30-32-34-36-38-40-42-50(54)59-47(45-57-44-43-48(51(55)56)52(3,4)5)46-58-49(53)41-39-37-35-33-31-29-19-17-15-13-11-9-7-2/h8-11,13-17,19-21,23-24,47-48H,6-7,12,18,22,25-46H2,1-5H3/b10-8+,11-9+,15-13+,16-14+,19-17+,21-20+,24-23+. The van der Waals surface area contributed by atoms with Crippen LogP contribution >= 0.6 is 0 Å². The first-order valence-corrected chi connectivity index (χ1v) is 23.1. The molecule has 0 aliphatic carbocycles. The van der Waals surface area contributed by atoms with Crippen LogP contribution in [0, 0.1) is 0 Å². The van der Waals surface area contributed by atoms with Crippen molar-refractivity contribution in [3.8, 4) is 0 Å². The van der Waals surface area contributed by atoms with Crippen LogP contribution in [0.1, 0.15) is 168 Å². The summed E-state index contributed by atoms with van der Waals surface area (Å²) in [7, 11) is 5.39. The van der Waals surface area contributed by atoms with Crippen LogP contribution in [-0.4, -0.2) is 75.5 Å². The van der Waals surface area contributed by atoms with E-state index in [0.29, 0.717) is 12.8 Å². The van der Waals surface area contributed by atoms with Crippen LogP contribution in [0.5, 0.6) is 0 Å². The number of ether oxygens (including phenoxy) is 3. The summed E-state index contributed by atoms with van der Waals surface area (Å²) < 4.78 is 17.2.